The second kappa shape index (κ2) is 3.18. The Morgan fingerprint density at radius 2 is 2.31 bits per heavy atom. The molecule has 0 unspecified atom stereocenters. The van der Waals surface area contributed by atoms with Crippen molar-refractivity contribution in [3.63, 3.8) is 0 Å². The number of aromatic nitrogens is 2. The zero-order valence-electron chi connectivity index (χ0n) is 7.82. The molecule has 13 heavy (non-hydrogen) atoms. The van der Waals surface area contributed by atoms with Gasteiger partial charge in [-0.3, -0.25) is 0 Å². The summed E-state index contributed by atoms with van der Waals surface area (Å²) in [5.74, 6) is 0. The molecule has 0 aliphatic rings. The number of hydrogen-bond acceptors (Lipinski definition) is 2. The van der Waals surface area contributed by atoms with Gasteiger partial charge in [0.1, 0.15) is 5.65 Å². The van der Waals surface area contributed by atoms with Crippen molar-refractivity contribution in [2.24, 2.45) is 0 Å². The highest BCUT2D eigenvalue weighted by atomic mass is 16.5. The quantitative estimate of drug-likeness (QED) is 0.697. The predicted molar refractivity (Wildman–Crippen MR) is 50.6 cm³/mol. The van der Waals surface area contributed by atoms with Crippen LogP contribution in [-0.2, 0) is 11.3 Å². The highest BCUT2D eigenvalue weighted by molar-refractivity contribution is 5.42. The summed E-state index contributed by atoms with van der Waals surface area (Å²) in [6, 6.07) is 5.97. The summed E-state index contributed by atoms with van der Waals surface area (Å²) in [4.78, 5) is 4.41. The average Bonchev–Trinajstić information content (AvgIpc) is 2.44. The molecule has 68 valence electrons. The van der Waals surface area contributed by atoms with E-state index in [1.54, 1.807) is 7.11 Å². The van der Waals surface area contributed by atoms with Crippen LogP contribution in [0.15, 0.2) is 24.4 Å². The molecule has 0 amide bonds. The van der Waals surface area contributed by atoms with Gasteiger partial charge < -0.3 is 9.14 Å². The van der Waals surface area contributed by atoms with Gasteiger partial charge in [0, 0.05) is 13.3 Å². The summed E-state index contributed by atoms with van der Waals surface area (Å²) >= 11 is 0. The molecular formula is C10H12N2O. The highest BCUT2D eigenvalue weighted by Crippen LogP contribution is 2.11. The van der Waals surface area contributed by atoms with E-state index < -0.39 is 0 Å². The lowest BCUT2D eigenvalue weighted by atomic mass is 10.3. The van der Waals surface area contributed by atoms with Crippen LogP contribution in [0.25, 0.3) is 5.65 Å². The fourth-order valence-corrected chi connectivity index (χ4v) is 1.47. The molecule has 0 bridgehead atoms. The van der Waals surface area contributed by atoms with Crippen molar-refractivity contribution in [2.45, 2.75) is 13.5 Å². The first-order valence-electron chi connectivity index (χ1n) is 4.24. The molecule has 0 aromatic carbocycles. The van der Waals surface area contributed by atoms with Crippen LogP contribution < -0.4 is 0 Å². The zero-order chi connectivity index (χ0) is 9.26. The standard InChI is InChI=1S/C10H12N2O/c1-8-9(7-13-2)12-6-4-3-5-10(12)11-8/h3-6H,7H2,1-2H3. The van der Waals surface area contributed by atoms with Crippen molar-refractivity contribution in [2.75, 3.05) is 7.11 Å². The molecule has 2 aromatic heterocycles. The van der Waals surface area contributed by atoms with E-state index in [1.807, 2.05) is 31.3 Å². The summed E-state index contributed by atoms with van der Waals surface area (Å²) in [6.45, 7) is 2.61. The Balaban J connectivity index is 2.64. The molecule has 0 N–H and O–H groups in total. The van der Waals surface area contributed by atoms with Gasteiger partial charge in [0.05, 0.1) is 18.0 Å². The van der Waals surface area contributed by atoms with E-state index in [0.29, 0.717) is 6.61 Å². The van der Waals surface area contributed by atoms with Crippen LogP contribution in [0.4, 0.5) is 0 Å². The second-order valence-corrected chi connectivity index (χ2v) is 3.01. The number of aryl methyl sites for hydroxylation is 1. The predicted octanol–water partition coefficient (Wildman–Crippen LogP) is 1.79. The average molecular weight is 176 g/mol. The first-order valence-corrected chi connectivity index (χ1v) is 4.24. The Bertz CT molecular complexity index is 420. The maximum Gasteiger partial charge on any atom is 0.137 e. The minimum absolute atomic E-state index is 0.608. The number of pyridine rings is 1. The molecule has 3 nitrogen and oxygen atoms in total. The number of methoxy groups -OCH3 is 1. The summed E-state index contributed by atoms with van der Waals surface area (Å²) in [7, 11) is 1.70. The number of ether oxygens (including phenoxy) is 1. The summed E-state index contributed by atoms with van der Waals surface area (Å²) < 4.78 is 7.17. The van der Waals surface area contributed by atoms with Gasteiger partial charge in [0.25, 0.3) is 0 Å². The van der Waals surface area contributed by atoms with Gasteiger partial charge in [-0.2, -0.15) is 0 Å². The van der Waals surface area contributed by atoms with E-state index >= 15 is 0 Å². The SMILES string of the molecule is COCc1c(C)nc2ccccn12. The molecule has 0 saturated heterocycles. The van der Waals surface area contributed by atoms with Gasteiger partial charge in [0.2, 0.25) is 0 Å². The maximum absolute atomic E-state index is 5.11. The second-order valence-electron chi connectivity index (χ2n) is 3.01. The zero-order valence-corrected chi connectivity index (χ0v) is 7.82. The maximum atomic E-state index is 5.11. The Hall–Kier alpha value is -1.35. The molecule has 0 fully saturated rings. The summed E-state index contributed by atoms with van der Waals surface area (Å²) in [6.07, 6.45) is 2.00. The molecule has 0 atom stereocenters. The third-order valence-electron chi connectivity index (χ3n) is 2.11. The van der Waals surface area contributed by atoms with Gasteiger partial charge in [-0.15, -0.1) is 0 Å². The van der Waals surface area contributed by atoms with Crippen molar-refractivity contribution in [1.82, 2.24) is 9.38 Å². The third-order valence-corrected chi connectivity index (χ3v) is 2.11. The third kappa shape index (κ3) is 1.31. The molecule has 0 aliphatic carbocycles. The van der Waals surface area contributed by atoms with Gasteiger partial charge in [-0.1, -0.05) is 6.07 Å². The Morgan fingerprint density at radius 1 is 1.46 bits per heavy atom. The number of rotatable bonds is 2. The molecule has 0 spiro atoms. The Morgan fingerprint density at radius 3 is 3.08 bits per heavy atom. The fourth-order valence-electron chi connectivity index (χ4n) is 1.47. The van der Waals surface area contributed by atoms with Crippen LogP contribution in [0.3, 0.4) is 0 Å². The van der Waals surface area contributed by atoms with Crippen LogP contribution in [0.2, 0.25) is 0 Å². The first kappa shape index (κ1) is 8.26. The lowest BCUT2D eigenvalue weighted by molar-refractivity contribution is 0.180. The molecule has 3 heteroatoms. The van der Waals surface area contributed by atoms with Gasteiger partial charge in [0.15, 0.2) is 0 Å². The number of hydrogen-bond donors (Lipinski definition) is 0. The molecule has 0 aliphatic heterocycles. The Kier molecular flexibility index (Phi) is 2.02. The van der Waals surface area contributed by atoms with E-state index in [2.05, 4.69) is 9.38 Å². The van der Waals surface area contributed by atoms with Crippen LogP contribution in [0.5, 0.6) is 0 Å². The number of imidazole rings is 1. The minimum Gasteiger partial charge on any atom is -0.378 e. The number of nitrogens with zero attached hydrogens (tertiary/aromatic N) is 2. The molecule has 2 aromatic rings. The van der Waals surface area contributed by atoms with Crippen molar-refractivity contribution in [3.05, 3.63) is 35.8 Å². The van der Waals surface area contributed by atoms with E-state index in [1.165, 1.54) is 0 Å². The first-order chi connectivity index (χ1) is 6.33. The fraction of sp³-hybridized carbons (Fsp3) is 0.300. The lowest BCUT2D eigenvalue weighted by Crippen LogP contribution is -1.95. The van der Waals surface area contributed by atoms with Crippen molar-refractivity contribution >= 4 is 5.65 Å². The molecule has 0 radical (unpaired) electrons. The topological polar surface area (TPSA) is 26.5 Å². The monoisotopic (exact) mass is 176 g/mol. The normalized spacial score (nSPS) is 10.9. The lowest BCUT2D eigenvalue weighted by Gasteiger charge is -2.00. The van der Waals surface area contributed by atoms with Crippen molar-refractivity contribution < 1.29 is 4.74 Å². The van der Waals surface area contributed by atoms with Crippen LogP contribution in [0.1, 0.15) is 11.4 Å². The smallest absolute Gasteiger partial charge is 0.137 e. The molecule has 2 rings (SSSR count). The van der Waals surface area contributed by atoms with Gasteiger partial charge >= 0.3 is 0 Å². The van der Waals surface area contributed by atoms with E-state index in [4.69, 9.17) is 4.74 Å². The van der Waals surface area contributed by atoms with E-state index in [9.17, 15) is 0 Å². The van der Waals surface area contributed by atoms with E-state index in [-0.39, 0.29) is 0 Å². The Labute approximate surface area is 77.0 Å². The molecular weight excluding hydrogens is 164 g/mol. The van der Waals surface area contributed by atoms with Crippen LogP contribution in [0, 0.1) is 6.92 Å². The van der Waals surface area contributed by atoms with Gasteiger partial charge in [-0.25, -0.2) is 4.98 Å². The highest BCUT2D eigenvalue weighted by Gasteiger charge is 2.06. The van der Waals surface area contributed by atoms with Crippen molar-refractivity contribution in [3.8, 4) is 0 Å². The number of fused-ring (bicyclic) bond motifs is 1. The van der Waals surface area contributed by atoms with Crippen molar-refractivity contribution in [1.29, 1.82) is 0 Å². The molecule has 2 heterocycles. The van der Waals surface area contributed by atoms with E-state index in [0.717, 1.165) is 17.0 Å². The van der Waals surface area contributed by atoms with Crippen LogP contribution in [-0.4, -0.2) is 16.5 Å². The molecule has 0 saturated carbocycles. The minimum atomic E-state index is 0.608. The summed E-state index contributed by atoms with van der Waals surface area (Å²) in [5, 5.41) is 0. The van der Waals surface area contributed by atoms with Gasteiger partial charge in [-0.05, 0) is 19.1 Å². The largest absolute Gasteiger partial charge is 0.378 e. The van der Waals surface area contributed by atoms with Crippen LogP contribution >= 0.6 is 0 Å². The summed E-state index contributed by atoms with van der Waals surface area (Å²) in [5.41, 5.74) is 3.14.